The summed E-state index contributed by atoms with van der Waals surface area (Å²) in [6, 6.07) is 7.49. The SMILES string of the molecule is Cc1ccc(-c2nc(CI)c(C)o2)o1.Cc1ccc(-c2nc(CO[C@H]3CCC[C@@H](COC(C)(C)C(=O)O)C3)c(C)o2)o1. The van der Waals surface area contributed by atoms with Crippen LogP contribution in [0.25, 0.3) is 23.3 Å². The van der Waals surface area contributed by atoms with Gasteiger partial charge in [-0.25, -0.2) is 14.8 Å². The van der Waals surface area contributed by atoms with Crippen LogP contribution in [0.2, 0.25) is 0 Å². The maximum atomic E-state index is 11.2. The largest absolute Gasteiger partial charge is 0.479 e. The lowest BCUT2D eigenvalue weighted by atomic mass is 9.87. The lowest BCUT2D eigenvalue weighted by Gasteiger charge is -2.31. The number of nitrogens with zero attached hydrogens (tertiary/aromatic N) is 2. The van der Waals surface area contributed by atoms with E-state index in [4.69, 9.17) is 27.1 Å². The molecular weight excluding hydrogens is 655 g/mol. The maximum absolute atomic E-state index is 11.2. The van der Waals surface area contributed by atoms with Gasteiger partial charge in [0.15, 0.2) is 17.1 Å². The lowest BCUT2D eigenvalue weighted by Crippen LogP contribution is -2.37. The number of hydrogen-bond donors (Lipinski definition) is 1. The Morgan fingerprint density at radius 2 is 1.50 bits per heavy atom. The van der Waals surface area contributed by atoms with E-state index in [-0.39, 0.29) is 6.10 Å². The molecule has 0 aromatic carbocycles. The van der Waals surface area contributed by atoms with E-state index in [9.17, 15) is 9.90 Å². The summed E-state index contributed by atoms with van der Waals surface area (Å²) in [5.74, 6) is 4.97. The average molecular weight is 695 g/mol. The van der Waals surface area contributed by atoms with Gasteiger partial charge in [-0.2, -0.15) is 0 Å². The second-order valence-electron chi connectivity index (χ2n) is 11.1. The first-order valence-corrected chi connectivity index (χ1v) is 15.6. The topological polar surface area (TPSA) is 134 Å². The van der Waals surface area contributed by atoms with Gasteiger partial charge >= 0.3 is 5.97 Å². The second kappa shape index (κ2) is 14.0. The number of carboxylic acid groups (broad SMARTS) is 1. The number of ether oxygens (including phenoxy) is 2. The van der Waals surface area contributed by atoms with Crippen LogP contribution in [0.15, 0.2) is 41.9 Å². The van der Waals surface area contributed by atoms with Gasteiger partial charge in [0.2, 0.25) is 0 Å². The number of aromatic nitrogens is 2. The molecule has 0 saturated heterocycles. The first-order valence-electron chi connectivity index (χ1n) is 14.1. The highest BCUT2D eigenvalue weighted by atomic mass is 127. The summed E-state index contributed by atoms with van der Waals surface area (Å²) in [4.78, 5) is 20.0. The Kier molecular flexibility index (Phi) is 10.7. The first-order chi connectivity index (χ1) is 19.9. The van der Waals surface area contributed by atoms with E-state index >= 15 is 0 Å². The molecule has 1 aliphatic carbocycles. The number of oxazole rings is 2. The highest BCUT2D eigenvalue weighted by molar-refractivity contribution is 14.1. The fourth-order valence-electron chi connectivity index (χ4n) is 4.55. The fourth-order valence-corrected chi connectivity index (χ4v) is 5.26. The number of carboxylic acids is 1. The summed E-state index contributed by atoms with van der Waals surface area (Å²) in [6.45, 7) is 11.5. The second-order valence-corrected chi connectivity index (χ2v) is 11.9. The normalized spacial score (nSPS) is 17.2. The number of aliphatic carboxylic acids is 1. The monoisotopic (exact) mass is 694 g/mol. The third-order valence-electron chi connectivity index (χ3n) is 7.20. The van der Waals surface area contributed by atoms with Crippen LogP contribution in [0.5, 0.6) is 0 Å². The highest BCUT2D eigenvalue weighted by Crippen LogP contribution is 2.30. The predicted molar refractivity (Wildman–Crippen MR) is 163 cm³/mol. The van der Waals surface area contributed by atoms with Gasteiger partial charge in [0, 0.05) is 4.43 Å². The van der Waals surface area contributed by atoms with Crippen LogP contribution in [0, 0.1) is 33.6 Å². The Labute approximate surface area is 259 Å². The number of halogens is 1. The van der Waals surface area contributed by atoms with Crippen molar-refractivity contribution in [2.45, 2.75) is 90.0 Å². The summed E-state index contributed by atoms with van der Waals surface area (Å²) in [5.41, 5.74) is 0.593. The fraction of sp³-hybridized carbons (Fsp3) is 0.516. The number of hydrogen-bond acceptors (Lipinski definition) is 9. The molecule has 11 heteroatoms. The van der Waals surface area contributed by atoms with Crippen molar-refractivity contribution in [1.82, 2.24) is 9.97 Å². The number of carbonyl (C=O) groups is 1. The van der Waals surface area contributed by atoms with Gasteiger partial charge in [-0.15, -0.1) is 0 Å². The van der Waals surface area contributed by atoms with Crippen LogP contribution in [0.1, 0.15) is 74.0 Å². The van der Waals surface area contributed by atoms with Crippen molar-refractivity contribution in [3.8, 4) is 23.3 Å². The lowest BCUT2D eigenvalue weighted by molar-refractivity contribution is -0.163. The van der Waals surface area contributed by atoms with E-state index < -0.39 is 11.6 Å². The molecule has 1 fully saturated rings. The summed E-state index contributed by atoms with van der Waals surface area (Å²) < 4.78 is 34.8. The van der Waals surface area contributed by atoms with Crippen molar-refractivity contribution < 1.29 is 37.0 Å². The standard InChI is InChI=1S/C21H29NO6.C10H10INO2/c1-13-8-9-18(27-13)19-22-17(14(2)28-19)12-25-16-7-5-6-15(10-16)11-26-21(3,4)20(23)24;1-6-3-4-9(13-6)10-12-8(5-11)7(2)14-10/h8-9,15-16H,5-7,10-12H2,1-4H3,(H,23,24);3-4H,5H2,1-2H3/t15-,16+;/m1./s1. The summed E-state index contributed by atoms with van der Waals surface area (Å²) in [6.07, 6.45) is 4.03. The third-order valence-corrected chi connectivity index (χ3v) is 7.92. The van der Waals surface area contributed by atoms with Gasteiger partial charge in [-0.05, 0) is 91.0 Å². The Balaban J connectivity index is 0.000000241. The van der Waals surface area contributed by atoms with Gasteiger partial charge < -0.3 is 32.2 Å². The van der Waals surface area contributed by atoms with Crippen molar-refractivity contribution in [1.29, 1.82) is 0 Å². The zero-order chi connectivity index (χ0) is 30.4. The van der Waals surface area contributed by atoms with Crippen LogP contribution in [0.4, 0.5) is 0 Å². The van der Waals surface area contributed by atoms with Gasteiger partial charge in [0.1, 0.15) is 28.7 Å². The van der Waals surface area contributed by atoms with Crippen molar-refractivity contribution in [3.05, 3.63) is 58.7 Å². The van der Waals surface area contributed by atoms with Crippen molar-refractivity contribution >= 4 is 28.6 Å². The molecule has 4 aromatic heterocycles. The van der Waals surface area contributed by atoms with Crippen LogP contribution >= 0.6 is 22.6 Å². The molecule has 10 nitrogen and oxygen atoms in total. The molecule has 0 spiro atoms. The Morgan fingerprint density at radius 3 is 2.00 bits per heavy atom. The van der Waals surface area contributed by atoms with Gasteiger partial charge in [-0.1, -0.05) is 29.0 Å². The van der Waals surface area contributed by atoms with E-state index in [1.165, 1.54) is 0 Å². The maximum Gasteiger partial charge on any atom is 0.335 e. The minimum Gasteiger partial charge on any atom is -0.479 e. The van der Waals surface area contributed by atoms with E-state index in [0.717, 1.165) is 64.5 Å². The molecule has 4 heterocycles. The molecule has 1 saturated carbocycles. The van der Waals surface area contributed by atoms with Crippen LogP contribution in [-0.4, -0.2) is 39.4 Å². The quantitative estimate of drug-likeness (QED) is 0.129. The van der Waals surface area contributed by atoms with Crippen LogP contribution in [-0.2, 0) is 25.3 Å². The van der Waals surface area contributed by atoms with Gasteiger partial charge in [0.25, 0.3) is 11.8 Å². The molecule has 0 amide bonds. The van der Waals surface area contributed by atoms with Gasteiger partial charge in [0.05, 0.1) is 25.0 Å². The number of aryl methyl sites for hydroxylation is 4. The number of rotatable bonds is 10. The Hall–Kier alpha value is -2.90. The molecule has 42 heavy (non-hydrogen) atoms. The van der Waals surface area contributed by atoms with E-state index in [0.29, 0.717) is 42.4 Å². The zero-order valence-electron chi connectivity index (χ0n) is 25.0. The molecule has 4 aromatic rings. The van der Waals surface area contributed by atoms with Gasteiger partial charge in [-0.3, -0.25) is 0 Å². The van der Waals surface area contributed by atoms with Crippen LogP contribution < -0.4 is 0 Å². The molecule has 0 unspecified atom stereocenters. The summed E-state index contributed by atoms with van der Waals surface area (Å²) in [5, 5.41) is 9.17. The highest BCUT2D eigenvalue weighted by Gasteiger charge is 2.31. The predicted octanol–water partition coefficient (Wildman–Crippen LogP) is 7.99. The molecular formula is C31H39IN2O8. The van der Waals surface area contributed by atoms with Crippen molar-refractivity contribution in [2.24, 2.45) is 5.92 Å². The molecule has 228 valence electrons. The summed E-state index contributed by atoms with van der Waals surface area (Å²) in [7, 11) is 0. The smallest absolute Gasteiger partial charge is 0.335 e. The molecule has 5 rings (SSSR count). The van der Waals surface area contributed by atoms with Crippen molar-refractivity contribution in [3.63, 3.8) is 0 Å². The molecule has 1 N–H and O–H groups in total. The molecule has 1 aliphatic rings. The molecule has 2 atom stereocenters. The van der Waals surface area contributed by atoms with E-state index in [2.05, 4.69) is 32.6 Å². The Morgan fingerprint density at radius 1 is 0.929 bits per heavy atom. The summed E-state index contributed by atoms with van der Waals surface area (Å²) >= 11 is 2.26. The molecule has 0 bridgehead atoms. The number of alkyl halides is 1. The zero-order valence-corrected chi connectivity index (χ0v) is 27.1. The van der Waals surface area contributed by atoms with E-state index in [1.54, 1.807) is 13.8 Å². The average Bonchev–Trinajstić information content (AvgIpc) is 3.74. The minimum atomic E-state index is -1.16. The van der Waals surface area contributed by atoms with Crippen molar-refractivity contribution in [2.75, 3.05) is 6.61 Å². The van der Waals surface area contributed by atoms with E-state index in [1.807, 2.05) is 52.0 Å². The molecule has 0 aliphatic heterocycles. The number of furan rings is 2. The third kappa shape index (κ3) is 8.35. The Bertz CT molecular complexity index is 1460. The van der Waals surface area contributed by atoms with Crippen LogP contribution in [0.3, 0.4) is 0 Å². The first kappa shape index (κ1) is 32.0. The minimum absolute atomic E-state index is 0.112. The molecule has 0 radical (unpaired) electrons.